The first-order valence-corrected chi connectivity index (χ1v) is 16.3. The summed E-state index contributed by atoms with van der Waals surface area (Å²) in [6.07, 6.45) is 3.57. The van der Waals surface area contributed by atoms with Crippen molar-refractivity contribution < 1.29 is 0 Å². The molecule has 0 atom stereocenters. The van der Waals surface area contributed by atoms with Gasteiger partial charge >= 0.3 is 213 Å². The van der Waals surface area contributed by atoms with Gasteiger partial charge in [0, 0.05) is 0 Å². The Bertz CT molecular complexity index is 1480. The summed E-state index contributed by atoms with van der Waals surface area (Å²) in [5, 5.41) is 0. The van der Waals surface area contributed by atoms with Crippen LogP contribution in [0.15, 0.2) is 142 Å². The SMILES string of the molecule is O=c1[nH]c(=O)n(Cc2ccccc2)cc1/C=[CH]/[Ge]([c]1ccccc1)([c]1ccccc1)[c]1ccccc1. The minimum absolute atomic E-state index is 0.383. The van der Waals surface area contributed by atoms with E-state index in [0.717, 1.165) is 5.56 Å². The van der Waals surface area contributed by atoms with Crippen molar-refractivity contribution >= 4 is 32.5 Å². The average Bonchev–Trinajstić information content (AvgIpc) is 2.94. The molecule has 4 aromatic carbocycles. The zero-order valence-electron chi connectivity index (χ0n) is 19.7. The molecule has 5 heteroatoms. The van der Waals surface area contributed by atoms with Gasteiger partial charge in [-0.15, -0.1) is 0 Å². The number of aromatic nitrogens is 2. The summed E-state index contributed by atoms with van der Waals surface area (Å²) in [6.45, 7) is 0.389. The van der Waals surface area contributed by atoms with Gasteiger partial charge in [-0.25, -0.2) is 0 Å². The number of benzene rings is 4. The second kappa shape index (κ2) is 10.6. The van der Waals surface area contributed by atoms with E-state index in [9.17, 15) is 9.59 Å². The van der Waals surface area contributed by atoms with Crippen molar-refractivity contribution in [1.82, 2.24) is 9.55 Å². The van der Waals surface area contributed by atoms with Gasteiger partial charge < -0.3 is 0 Å². The van der Waals surface area contributed by atoms with Gasteiger partial charge in [0.05, 0.1) is 0 Å². The molecule has 0 aliphatic rings. The summed E-state index contributed by atoms with van der Waals surface area (Å²) >= 11 is -3.36. The molecule has 0 aliphatic carbocycles. The molecule has 1 aromatic heterocycles. The van der Waals surface area contributed by atoms with E-state index in [1.807, 2.05) is 54.6 Å². The van der Waals surface area contributed by atoms with Gasteiger partial charge in [0.2, 0.25) is 0 Å². The molecule has 1 heterocycles. The van der Waals surface area contributed by atoms with E-state index in [2.05, 4.69) is 82.7 Å². The Morgan fingerprint density at radius 2 is 1.08 bits per heavy atom. The third-order valence-corrected chi connectivity index (χ3v) is 15.7. The van der Waals surface area contributed by atoms with E-state index >= 15 is 0 Å². The predicted molar refractivity (Wildman–Crippen MR) is 150 cm³/mol. The molecule has 0 amide bonds. The Morgan fingerprint density at radius 3 is 1.56 bits per heavy atom. The zero-order valence-corrected chi connectivity index (χ0v) is 21.8. The Hall–Kier alpha value is -4.16. The molecule has 36 heavy (non-hydrogen) atoms. The van der Waals surface area contributed by atoms with Crippen LogP contribution in [-0.4, -0.2) is 22.8 Å². The molecule has 0 saturated heterocycles. The number of H-pyrrole nitrogens is 1. The molecule has 176 valence electrons. The third kappa shape index (κ3) is 4.81. The molecular formula is C31H26GeN2O2. The van der Waals surface area contributed by atoms with Crippen LogP contribution in [0.2, 0.25) is 0 Å². The Labute approximate surface area is 212 Å². The molecule has 1 N–H and O–H groups in total. The number of rotatable bonds is 7. The van der Waals surface area contributed by atoms with Crippen molar-refractivity contribution in [1.29, 1.82) is 0 Å². The molecule has 0 unspecified atom stereocenters. The van der Waals surface area contributed by atoms with Crippen LogP contribution >= 0.6 is 0 Å². The summed E-state index contributed by atoms with van der Waals surface area (Å²) < 4.78 is 5.35. The predicted octanol–water partition coefficient (Wildman–Crippen LogP) is 3.31. The number of nitrogens with zero attached hydrogens (tertiary/aromatic N) is 1. The van der Waals surface area contributed by atoms with Gasteiger partial charge in [0.15, 0.2) is 0 Å². The van der Waals surface area contributed by atoms with E-state index in [0.29, 0.717) is 12.1 Å². The molecule has 0 radical (unpaired) electrons. The molecule has 0 spiro atoms. The second-order valence-electron chi connectivity index (χ2n) is 8.70. The van der Waals surface area contributed by atoms with Gasteiger partial charge in [-0.05, 0) is 0 Å². The van der Waals surface area contributed by atoms with Crippen LogP contribution in [0.3, 0.4) is 0 Å². The normalized spacial score (nSPS) is 11.6. The van der Waals surface area contributed by atoms with E-state index < -0.39 is 19.0 Å². The standard InChI is InChI=1S/C31H26GeN2O2/c35-30-26(24-34(31(36)33-30)23-25-13-5-1-6-14-25)21-22-32(27-15-7-2-8-16-27,28-17-9-3-10-18-28)29-19-11-4-12-20-29/h1-22,24H,23H2,(H,33,35,36)/b22-21+. The molecule has 0 aliphatic heterocycles. The number of nitrogens with one attached hydrogen (secondary N) is 1. The van der Waals surface area contributed by atoms with Crippen molar-refractivity contribution in [2.24, 2.45) is 0 Å². The fraction of sp³-hybridized carbons (Fsp3) is 0.0323. The zero-order chi connectivity index (χ0) is 24.8. The average molecular weight is 531 g/mol. The molecular weight excluding hydrogens is 505 g/mol. The maximum atomic E-state index is 12.9. The number of aromatic amines is 1. The van der Waals surface area contributed by atoms with E-state index in [4.69, 9.17) is 0 Å². The Balaban J connectivity index is 1.68. The second-order valence-corrected chi connectivity index (χ2v) is 16.4. The first kappa shape index (κ1) is 23.6. The fourth-order valence-electron chi connectivity index (χ4n) is 4.65. The number of hydrogen-bond donors (Lipinski definition) is 1. The molecule has 5 rings (SSSR count). The number of hydrogen-bond acceptors (Lipinski definition) is 2. The van der Waals surface area contributed by atoms with Crippen LogP contribution in [0.4, 0.5) is 0 Å². The Kier molecular flexibility index (Phi) is 6.96. The molecule has 0 fully saturated rings. The van der Waals surface area contributed by atoms with Crippen molar-refractivity contribution in [3.63, 3.8) is 0 Å². The van der Waals surface area contributed by atoms with Crippen LogP contribution in [0.1, 0.15) is 11.1 Å². The molecule has 0 bridgehead atoms. The van der Waals surface area contributed by atoms with Crippen molar-refractivity contribution in [3.8, 4) is 0 Å². The monoisotopic (exact) mass is 532 g/mol. The van der Waals surface area contributed by atoms with Gasteiger partial charge in [0.1, 0.15) is 0 Å². The van der Waals surface area contributed by atoms with Crippen LogP contribution in [0.25, 0.3) is 6.08 Å². The summed E-state index contributed by atoms with van der Waals surface area (Å²) in [5.74, 6) is 0. The van der Waals surface area contributed by atoms with Gasteiger partial charge in [-0.1, -0.05) is 0 Å². The summed E-state index contributed by atoms with van der Waals surface area (Å²) in [5.41, 5.74) is 0.656. The van der Waals surface area contributed by atoms with Crippen LogP contribution in [0, 0.1) is 0 Å². The summed E-state index contributed by atoms with van der Waals surface area (Å²) in [4.78, 5) is 30.2. The summed E-state index contributed by atoms with van der Waals surface area (Å²) in [6, 6.07) is 41.4. The molecule has 0 saturated carbocycles. The maximum absolute atomic E-state index is 12.9. The third-order valence-electron chi connectivity index (χ3n) is 6.43. The minimum atomic E-state index is -3.36. The van der Waals surface area contributed by atoms with Gasteiger partial charge in [-0.2, -0.15) is 0 Å². The van der Waals surface area contributed by atoms with Gasteiger partial charge in [0.25, 0.3) is 0 Å². The van der Waals surface area contributed by atoms with Gasteiger partial charge in [-0.3, -0.25) is 0 Å². The van der Waals surface area contributed by atoms with Crippen molar-refractivity contribution in [3.05, 3.63) is 164 Å². The quantitative estimate of drug-likeness (QED) is 0.328. The Morgan fingerprint density at radius 1 is 0.639 bits per heavy atom. The van der Waals surface area contributed by atoms with Crippen molar-refractivity contribution in [2.75, 3.05) is 0 Å². The molecule has 5 aromatic rings. The molecule has 4 nitrogen and oxygen atoms in total. The topological polar surface area (TPSA) is 54.9 Å². The summed E-state index contributed by atoms with van der Waals surface area (Å²) in [7, 11) is 0. The van der Waals surface area contributed by atoms with Crippen molar-refractivity contribution in [2.45, 2.75) is 6.54 Å². The van der Waals surface area contributed by atoms with Crippen LogP contribution in [0.5, 0.6) is 0 Å². The van der Waals surface area contributed by atoms with E-state index in [1.165, 1.54) is 13.2 Å². The first-order valence-electron chi connectivity index (χ1n) is 11.9. The van der Waals surface area contributed by atoms with Crippen LogP contribution in [-0.2, 0) is 6.54 Å². The van der Waals surface area contributed by atoms with E-state index in [1.54, 1.807) is 10.8 Å². The van der Waals surface area contributed by atoms with E-state index in [-0.39, 0.29) is 5.56 Å². The first-order chi connectivity index (χ1) is 17.7. The van der Waals surface area contributed by atoms with Crippen LogP contribution < -0.4 is 24.4 Å². The fourth-order valence-corrected chi connectivity index (χ4v) is 13.4.